The molecule has 0 saturated carbocycles. The van der Waals surface area contributed by atoms with Crippen molar-refractivity contribution in [3.05, 3.63) is 77.3 Å². The van der Waals surface area contributed by atoms with Crippen molar-refractivity contribution in [3.8, 4) is 11.4 Å². The van der Waals surface area contributed by atoms with Crippen LogP contribution >= 0.6 is 11.6 Å². The molecule has 0 bridgehead atoms. The van der Waals surface area contributed by atoms with Crippen molar-refractivity contribution in [1.29, 1.82) is 0 Å². The van der Waals surface area contributed by atoms with Gasteiger partial charge in [-0.15, -0.1) is 0 Å². The summed E-state index contributed by atoms with van der Waals surface area (Å²) in [6, 6.07) is 13.1. The Hall–Kier alpha value is -2.86. The minimum absolute atomic E-state index is 0.230. The van der Waals surface area contributed by atoms with Gasteiger partial charge in [0.1, 0.15) is 18.2 Å². The highest BCUT2D eigenvalue weighted by atomic mass is 35.5. The van der Waals surface area contributed by atoms with Gasteiger partial charge in [-0.2, -0.15) is 5.10 Å². The molecule has 3 aromatic rings. The van der Waals surface area contributed by atoms with Crippen molar-refractivity contribution in [1.82, 2.24) is 15.1 Å². The Morgan fingerprint density at radius 3 is 2.88 bits per heavy atom. The van der Waals surface area contributed by atoms with Gasteiger partial charge in [-0.1, -0.05) is 29.8 Å². The standard InChI is InChI=1S/C18H15ClFN3O2/c19-16-6-1-2-7-17(16)23-12-13(11-22-23)18(24)21-8-9-25-15-5-3-4-14(20)10-15/h1-7,10-12H,8-9H2,(H,21,24). The van der Waals surface area contributed by atoms with E-state index in [4.69, 9.17) is 16.3 Å². The first kappa shape index (κ1) is 17.0. The predicted molar refractivity (Wildman–Crippen MR) is 92.8 cm³/mol. The van der Waals surface area contributed by atoms with Crippen LogP contribution in [-0.4, -0.2) is 28.8 Å². The van der Waals surface area contributed by atoms with Crippen LogP contribution in [0.1, 0.15) is 10.4 Å². The summed E-state index contributed by atoms with van der Waals surface area (Å²) in [6.07, 6.45) is 3.07. The number of hydrogen-bond acceptors (Lipinski definition) is 3. The van der Waals surface area contributed by atoms with E-state index in [-0.39, 0.29) is 24.9 Å². The predicted octanol–water partition coefficient (Wildman–Crippen LogP) is 3.47. The summed E-state index contributed by atoms with van der Waals surface area (Å²) >= 11 is 6.11. The monoisotopic (exact) mass is 359 g/mol. The van der Waals surface area contributed by atoms with Crippen molar-refractivity contribution in [3.63, 3.8) is 0 Å². The first-order chi connectivity index (χ1) is 12.1. The maximum absolute atomic E-state index is 13.0. The molecule has 0 fully saturated rings. The summed E-state index contributed by atoms with van der Waals surface area (Å²) < 4.78 is 19.9. The molecule has 0 saturated heterocycles. The molecule has 2 aromatic carbocycles. The molecule has 0 aliphatic rings. The van der Waals surface area contributed by atoms with E-state index in [1.54, 1.807) is 29.1 Å². The van der Waals surface area contributed by atoms with E-state index >= 15 is 0 Å². The largest absolute Gasteiger partial charge is 0.492 e. The first-order valence-electron chi connectivity index (χ1n) is 7.59. The number of para-hydroxylation sites is 1. The van der Waals surface area contributed by atoms with Crippen LogP contribution in [0.3, 0.4) is 0 Å². The number of carbonyl (C=O) groups is 1. The number of hydrogen-bond donors (Lipinski definition) is 1. The number of ether oxygens (including phenoxy) is 1. The number of benzene rings is 2. The van der Waals surface area contributed by atoms with Crippen molar-refractivity contribution in [2.45, 2.75) is 0 Å². The summed E-state index contributed by atoms with van der Waals surface area (Å²) in [5.74, 6) is -0.226. The molecule has 7 heteroatoms. The second-order valence-electron chi connectivity index (χ2n) is 5.19. The van der Waals surface area contributed by atoms with Gasteiger partial charge >= 0.3 is 0 Å². The first-order valence-corrected chi connectivity index (χ1v) is 7.97. The number of aromatic nitrogens is 2. The average molecular weight is 360 g/mol. The van der Waals surface area contributed by atoms with Crippen molar-refractivity contribution in [2.75, 3.05) is 13.2 Å². The Bertz CT molecular complexity index is 882. The Kier molecular flexibility index (Phi) is 5.30. The van der Waals surface area contributed by atoms with Gasteiger partial charge in [-0.25, -0.2) is 9.07 Å². The van der Waals surface area contributed by atoms with Crippen LogP contribution in [0, 0.1) is 5.82 Å². The quantitative estimate of drug-likeness (QED) is 0.686. The number of halogens is 2. The molecule has 0 aliphatic heterocycles. The van der Waals surface area contributed by atoms with Gasteiger partial charge in [0.05, 0.1) is 29.0 Å². The summed E-state index contributed by atoms with van der Waals surface area (Å²) in [5, 5.41) is 7.41. The van der Waals surface area contributed by atoms with Gasteiger partial charge < -0.3 is 10.1 Å². The second kappa shape index (κ2) is 7.81. The summed E-state index contributed by atoms with van der Waals surface area (Å²) in [6.45, 7) is 0.514. The molecule has 1 heterocycles. The highest BCUT2D eigenvalue weighted by Gasteiger charge is 2.10. The summed E-state index contributed by atoms with van der Waals surface area (Å²) in [4.78, 5) is 12.1. The fraction of sp³-hybridized carbons (Fsp3) is 0.111. The zero-order valence-electron chi connectivity index (χ0n) is 13.2. The molecular weight excluding hydrogens is 345 g/mol. The lowest BCUT2D eigenvalue weighted by Crippen LogP contribution is -2.27. The van der Waals surface area contributed by atoms with Crippen molar-refractivity contribution in [2.24, 2.45) is 0 Å². The minimum Gasteiger partial charge on any atom is -0.492 e. The van der Waals surface area contributed by atoms with Gasteiger partial charge in [-0.3, -0.25) is 4.79 Å². The summed E-state index contributed by atoms with van der Waals surface area (Å²) in [7, 11) is 0. The topological polar surface area (TPSA) is 56.1 Å². The van der Waals surface area contributed by atoms with E-state index in [0.29, 0.717) is 22.0 Å². The maximum Gasteiger partial charge on any atom is 0.254 e. The summed E-state index contributed by atoms with van der Waals surface area (Å²) in [5.41, 5.74) is 1.10. The van der Waals surface area contributed by atoms with E-state index in [2.05, 4.69) is 10.4 Å². The van der Waals surface area contributed by atoms with Crippen molar-refractivity contribution < 1.29 is 13.9 Å². The molecule has 0 atom stereocenters. The Balaban J connectivity index is 1.53. The lowest BCUT2D eigenvalue weighted by Gasteiger charge is -2.07. The van der Waals surface area contributed by atoms with Crippen LogP contribution in [0.5, 0.6) is 5.75 Å². The molecular formula is C18H15ClFN3O2. The molecule has 0 unspecified atom stereocenters. The third-order valence-electron chi connectivity index (χ3n) is 3.40. The van der Waals surface area contributed by atoms with E-state index < -0.39 is 0 Å². The molecule has 5 nitrogen and oxygen atoms in total. The Labute approximate surface area is 149 Å². The number of carbonyl (C=O) groups excluding carboxylic acids is 1. The number of nitrogens with zero attached hydrogens (tertiary/aromatic N) is 2. The number of nitrogens with one attached hydrogen (secondary N) is 1. The number of amides is 1. The molecule has 25 heavy (non-hydrogen) atoms. The van der Waals surface area contributed by atoms with Crippen LogP contribution in [0.2, 0.25) is 5.02 Å². The molecule has 1 amide bonds. The van der Waals surface area contributed by atoms with Crippen molar-refractivity contribution >= 4 is 17.5 Å². The molecule has 3 rings (SSSR count). The van der Waals surface area contributed by atoms with Gasteiger partial charge in [0, 0.05) is 12.3 Å². The Morgan fingerprint density at radius 1 is 1.24 bits per heavy atom. The van der Waals surface area contributed by atoms with Crippen LogP contribution in [-0.2, 0) is 0 Å². The lowest BCUT2D eigenvalue weighted by molar-refractivity contribution is 0.0947. The van der Waals surface area contributed by atoms with Crippen LogP contribution in [0.15, 0.2) is 60.9 Å². The van der Waals surface area contributed by atoms with Crippen LogP contribution in [0.4, 0.5) is 4.39 Å². The van der Waals surface area contributed by atoms with Gasteiger partial charge in [-0.05, 0) is 24.3 Å². The second-order valence-corrected chi connectivity index (χ2v) is 5.59. The maximum atomic E-state index is 13.0. The van der Waals surface area contributed by atoms with E-state index in [9.17, 15) is 9.18 Å². The molecule has 1 N–H and O–H groups in total. The highest BCUT2D eigenvalue weighted by molar-refractivity contribution is 6.32. The lowest BCUT2D eigenvalue weighted by atomic mass is 10.3. The van der Waals surface area contributed by atoms with Gasteiger partial charge in [0.2, 0.25) is 0 Å². The van der Waals surface area contributed by atoms with Crippen LogP contribution < -0.4 is 10.1 Å². The van der Waals surface area contributed by atoms with E-state index in [0.717, 1.165) is 0 Å². The fourth-order valence-electron chi connectivity index (χ4n) is 2.20. The minimum atomic E-state index is -0.367. The zero-order valence-corrected chi connectivity index (χ0v) is 13.9. The molecule has 1 aromatic heterocycles. The van der Waals surface area contributed by atoms with E-state index in [1.807, 2.05) is 18.2 Å². The Morgan fingerprint density at radius 2 is 2.08 bits per heavy atom. The number of rotatable bonds is 6. The zero-order chi connectivity index (χ0) is 17.6. The highest BCUT2D eigenvalue weighted by Crippen LogP contribution is 2.19. The third-order valence-corrected chi connectivity index (χ3v) is 3.72. The SMILES string of the molecule is O=C(NCCOc1cccc(F)c1)c1cnn(-c2ccccc2Cl)c1. The molecule has 0 aliphatic carbocycles. The molecule has 0 spiro atoms. The average Bonchev–Trinajstić information content (AvgIpc) is 3.09. The molecule has 128 valence electrons. The van der Waals surface area contributed by atoms with Gasteiger partial charge in [0.25, 0.3) is 5.91 Å². The smallest absolute Gasteiger partial charge is 0.254 e. The molecule has 0 radical (unpaired) electrons. The fourth-order valence-corrected chi connectivity index (χ4v) is 2.42. The van der Waals surface area contributed by atoms with Crippen LogP contribution in [0.25, 0.3) is 5.69 Å². The third kappa shape index (κ3) is 4.36. The van der Waals surface area contributed by atoms with Gasteiger partial charge in [0.15, 0.2) is 0 Å². The normalized spacial score (nSPS) is 10.5. The van der Waals surface area contributed by atoms with E-state index in [1.165, 1.54) is 18.3 Å².